The van der Waals surface area contributed by atoms with Crippen molar-refractivity contribution in [3.63, 3.8) is 0 Å². The first kappa shape index (κ1) is 21.0. The second kappa shape index (κ2) is 10.1. The molecule has 0 radical (unpaired) electrons. The fourth-order valence-electron chi connectivity index (χ4n) is 2.36. The van der Waals surface area contributed by atoms with Crippen LogP contribution in [-0.4, -0.2) is 32.1 Å². The van der Waals surface area contributed by atoms with E-state index in [-0.39, 0.29) is 11.8 Å². The summed E-state index contributed by atoms with van der Waals surface area (Å²) < 4.78 is 4.90. The molecule has 0 aromatic heterocycles. The topological polar surface area (TPSA) is 67.4 Å². The smallest absolute Gasteiger partial charge is 0.251 e. The second-order valence-corrected chi connectivity index (χ2v) is 6.55. The van der Waals surface area contributed by atoms with E-state index in [2.05, 4.69) is 10.6 Å². The van der Waals surface area contributed by atoms with Gasteiger partial charge < -0.3 is 15.4 Å². The van der Waals surface area contributed by atoms with Crippen LogP contribution < -0.4 is 10.6 Å². The zero-order valence-corrected chi connectivity index (χ0v) is 16.5. The van der Waals surface area contributed by atoms with Crippen molar-refractivity contribution in [2.75, 3.05) is 25.6 Å². The summed E-state index contributed by atoms with van der Waals surface area (Å²) in [7, 11) is 1.56. The summed E-state index contributed by atoms with van der Waals surface area (Å²) in [5.41, 5.74) is 2.22. The highest BCUT2D eigenvalue weighted by Gasteiger charge is 2.11. The van der Waals surface area contributed by atoms with Gasteiger partial charge in [-0.05, 0) is 42.3 Å². The first-order valence-electron chi connectivity index (χ1n) is 8.23. The van der Waals surface area contributed by atoms with E-state index in [0.717, 1.165) is 5.56 Å². The number of ether oxygens (including phenoxy) is 1. The minimum Gasteiger partial charge on any atom is -0.383 e. The lowest BCUT2D eigenvalue weighted by molar-refractivity contribution is -0.111. The van der Waals surface area contributed by atoms with Gasteiger partial charge in [0.25, 0.3) is 5.91 Å². The molecule has 2 aromatic carbocycles. The number of hydrogen-bond acceptors (Lipinski definition) is 3. The number of methoxy groups -OCH3 is 1. The molecule has 0 spiro atoms. The Morgan fingerprint density at radius 3 is 2.56 bits per heavy atom. The largest absolute Gasteiger partial charge is 0.383 e. The average molecular weight is 407 g/mol. The number of anilines is 1. The van der Waals surface area contributed by atoms with E-state index < -0.39 is 0 Å². The number of carbonyl (C=O) groups excluding carboxylic acids is 2. The van der Waals surface area contributed by atoms with Crippen LogP contribution in [0.3, 0.4) is 0 Å². The van der Waals surface area contributed by atoms with Crippen molar-refractivity contribution in [3.05, 3.63) is 69.7 Å². The number of carbonyl (C=O) groups is 2. The standard InChI is InChI=1S/C20H20Cl2N2O3/c1-13(15-5-3-4-6-16(15)21)11-19(25)24-18-12-14(7-8-17(18)22)20(26)23-9-10-27-2/h3-8,11-12H,9-10H2,1-2H3,(H,23,26)(H,24,25)/b13-11-. The van der Waals surface area contributed by atoms with Gasteiger partial charge in [-0.1, -0.05) is 41.4 Å². The monoisotopic (exact) mass is 406 g/mol. The highest BCUT2D eigenvalue weighted by molar-refractivity contribution is 6.34. The van der Waals surface area contributed by atoms with E-state index in [4.69, 9.17) is 27.9 Å². The number of allylic oxidation sites excluding steroid dienone is 1. The van der Waals surface area contributed by atoms with Crippen molar-refractivity contribution >= 4 is 46.3 Å². The molecule has 5 nitrogen and oxygen atoms in total. The molecule has 142 valence electrons. The maximum Gasteiger partial charge on any atom is 0.251 e. The summed E-state index contributed by atoms with van der Waals surface area (Å²) in [6.07, 6.45) is 1.43. The van der Waals surface area contributed by atoms with Gasteiger partial charge in [0, 0.05) is 30.3 Å². The minimum absolute atomic E-state index is 0.276. The number of hydrogen-bond donors (Lipinski definition) is 2. The Kier molecular flexibility index (Phi) is 7.85. The van der Waals surface area contributed by atoms with Gasteiger partial charge >= 0.3 is 0 Å². The molecule has 0 saturated carbocycles. The quantitative estimate of drug-likeness (QED) is 0.528. The van der Waals surface area contributed by atoms with Gasteiger partial charge in [-0.25, -0.2) is 0 Å². The number of rotatable bonds is 7. The van der Waals surface area contributed by atoms with Crippen molar-refractivity contribution in [3.8, 4) is 0 Å². The molecule has 0 unspecified atom stereocenters. The predicted molar refractivity (Wildman–Crippen MR) is 109 cm³/mol. The van der Waals surface area contributed by atoms with Crippen LogP contribution in [-0.2, 0) is 9.53 Å². The maximum absolute atomic E-state index is 12.3. The van der Waals surface area contributed by atoms with Crippen molar-refractivity contribution < 1.29 is 14.3 Å². The molecule has 2 rings (SSSR count). The van der Waals surface area contributed by atoms with E-state index in [1.165, 1.54) is 12.1 Å². The summed E-state index contributed by atoms with van der Waals surface area (Å²) in [5.74, 6) is -0.645. The van der Waals surface area contributed by atoms with Crippen LogP contribution in [0.1, 0.15) is 22.8 Å². The Morgan fingerprint density at radius 1 is 1.11 bits per heavy atom. The van der Waals surface area contributed by atoms with Crippen molar-refractivity contribution in [1.29, 1.82) is 0 Å². The first-order valence-corrected chi connectivity index (χ1v) is 8.99. The van der Waals surface area contributed by atoms with E-state index >= 15 is 0 Å². The van der Waals surface area contributed by atoms with E-state index in [0.29, 0.717) is 40.0 Å². The minimum atomic E-state index is -0.369. The maximum atomic E-state index is 12.3. The Morgan fingerprint density at radius 2 is 1.85 bits per heavy atom. The summed E-state index contributed by atoms with van der Waals surface area (Å²) in [6.45, 7) is 2.59. The molecule has 2 amide bonds. The number of nitrogens with one attached hydrogen (secondary N) is 2. The van der Waals surface area contributed by atoms with Crippen molar-refractivity contribution in [2.45, 2.75) is 6.92 Å². The molecule has 2 aromatic rings. The highest BCUT2D eigenvalue weighted by atomic mass is 35.5. The van der Waals surface area contributed by atoms with Gasteiger partial charge in [-0.3, -0.25) is 9.59 Å². The van der Waals surface area contributed by atoms with Gasteiger partial charge in [0.15, 0.2) is 0 Å². The zero-order chi connectivity index (χ0) is 19.8. The van der Waals surface area contributed by atoms with Crippen LogP contribution in [0.5, 0.6) is 0 Å². The number of amides is 2. The van der Waals surface area contributed by atoms with Gasteiger partial charge in [-0.15, -0.1) is 0 Å². The Bertz CT molecular complexity index is 866. The van der Waals surface area contributed by atoms with Crippen LogP contribution in [0, 0.1) is 0 Å². The molecule has 0 aliphatic carbocycles. The van der Waals surface area contributed by atoms with E-state index in [1.54, 1.807) is 32.2 Å². The lowest BCUT2D eigenvalue weighted by Gasteiger charge is -2.10. The molecular formula is C20H20Cl2N2O3. The zero-order valence-electron chi connectivity index (χ0n) is 15.0. The molecule has 0 heterocycles. The Hall–Kier alpha value is -2.34. The van der Waals surface area contributed by atoms with Crippen LogP contribution in [0.25, 0.3) is 5.57 Å². The SMILES string of the molecule is COCCNC(=O)c1ccc(Cl)c(NC(=O)/C=C(/C)c2ccccc2Cl)c1. The summed E-state index contributed by atoms with van der Waals surface area (Å²) in [6, 6.07) is 11.9. The lowest BCUT2D eigenvalue weighted by Crippen LogP contribution is -2.27. The number of halogens is 2. The van der Waals surface area contributed by atoms with Crippen LogP contribution >= 0.6 is 23.2 Å². The average Bonchev–Trinajstić information content (AvgIpc) is 2.63. The van der Waals surface area contributed by atoms with Gasteiger partial charge in [0.1, 0.15) is 0 Å². The normalized spacial score (nSPS) is 11.2. The number of benzene rings is 2. The third kappa shape index (κ3) is 6.10. The summed E-state index contributed by atoms with van der Waals surface area (Å²) >= 11 is 12.3. The molecule has 27 heavy (non-hydrogen) atoms. The molecule has 2 N–H and O–H groups in total. The lowest BCUT2D eigenvalue weighted by atomic mass is 10.1. The van der Waals surface area contributed by atoms with Gasteiger partial charge in [0.2, 0.25) is 5.91 Å². The molecular weight excluding hydrogens is 387 g/mol. The van der Waals surface area contributed by atoms with Gasteiger partial charge in [0.05, 0.1) is 17.3 Å². The van der Waals surface area contributed by atoms with E-state index in [9.17, 15) is 9.59 Å². The summed E-state index contributed by atoms with van der Waals surface area (Å²) in [5, 5.41) is 6.31. The van der Waals surface area contributed by atoms with Crippen LogP contribution in [0.2, 0.25) is 10.0 Å². The van der Waals surface area contributed by atoms with Crippen LogP contribution in [0.15, 0.2) is 48.5 Å². The summed E-state index contributed by atoms with van der Waals surface area (Å²) in [4.78, 5) is 24.5. The van der Waals surface area contributed by atoms with Crippen molar-refractivity contribution in [1.82, 2.24) is 5.32 Å². The van der Waals surface area contributed by atoms with Crippen molar-refractivity contribution in [2.24, 2.45) is 0 Å². The molecule has 0 fully saturated rings. The molecule has 7 heteroatoms. The second-order valence-electron chi connectivity index (χ2n) is 5.74. The third-order valence-corrected chi connectivity index (χ3v) is 4.38. The van der Waals surface area contributed by atoms with Gasteiger partial charge in [-0.2, -0.15) is 0 Å². The molecule has 0 saturated heterocycles. The Balaban J connectivity index is 2.13. The highest BCUT2D eigenvalue weighted by Crippen LogP contribution is 2.25. The van der Waals surface area contributed by atoms with Crippen LogP contribution in [0.4, 0.5) is 5.69 Å². The molecule has 0 aliphatic rings. The fraction of sp³-hybridized carbons (Fsp3) is 0.200. The molecule has 0 atom stereocenters. The predicted octanol–water partition coefficient (Wildman–Crippen LogP) is 4.41. The first-order chi connectivity index (χ1) is 12.9. The third-order valence-electron chi connectivity index (χ3n) is 3.72. The Labute approximate surface area is 168 Å². The molecule has 0 aliphatic heterocycles. The fourth-order valence-corrected chi connectivity index (χ4v) is 2.80. The van der Waals surface area contributed by atoms with E-state index in [1.807, 2.05) is 18.2 Å². The molecule has 0 bridgehead atoms.